The highest BCUT2D eigenvalue weighted by molar-refractivity contribution is 7.14. The summed E-state index contributed by atoms with van der Waals surface area (Å²) in [6.07, 6.45) is 2.67. The van der Waals surface area contributed by atoms with E-state index >= 15 is 0 Å². The minimum Gasteiger partial charge on any atom is -0.459 e. The zero-order chi connectivity index (χ0) is 15.8. The van der Waals surface area contributed by atoms with Crippen LogP contribution in [0.4, 0.5) is 5.13 Å². The van der Waals surface area contributed by atoms with Gasteiger partial charge in [-0.05, 0) is 31.9 Å². The van der Waals surface area contributed by atoms with Gasteiger partial charge in [-0.1, -0.05) is 0 Å². The van der Waals surface area contributed by atoms with Gasteiger partial charge in [0.2, 0.25) is 5.91 Å². The average molecular weight is 345 g/mol. The number of rotatable bonds is 5. The van der Waals surface area contributed by atoms with Gasteiger partial charge in [-0.3, -0.25) is 4.79 Å². The van der Waals surface area contributed by atoms with Crippen molar-refractivity contribution < 1.29 is 9.21 Å². The number of thiazole rings is 2. The first-order chi connectivity index (χ1) is 11.2. The van der Waals surface area contributed by atoms with E-state index in [2.05, 4.69) is 15.3 Å². The van der Waals surface area contributed by atoms with Gasteiger partial charge in [0.25, 0.3) is 0 Å². The Balaban J connectivity index is 1.39. The molecule has 0 saturated heterocycles. The van der Waals surface area contributed by atoms with Gasteiger partial charge in [-0.25, -0.2) is 9.97 Å². The summed E-state index contributed by atoms with van der Waals surface area (Å²) >= 11 is 2.97. The van der Waals surface area contributed by atoms with Crippen molar-refractivity contribution in [3.05, 3.63) is 40.0 Å². The van der Waals surface area contributed by atoms with Gasteiger partial charge in [0.05, 0.1) is 17.8 Å². The molecule has 1 amide bonds. The summed E-state index contributed by atoms with van der Waals surface area (Å²) in [6.45, 7) is 1.90. The number of hydrogen-bond acceptors (Lipinski definition) is 6. The minimum atomic E-state index is -0.0887. The van der Waals surface area contributed by atoms with Gasteiger partial charge in [-0.15, -0.1) is 22.7 Å². The lowest BCUT2D eigenvalue weighted by Crippen LogP contribution is -2.14. The molecule has 0 unspecified atom stereocenters. The molecule has 4 rings (SSSR count). The molecule has 0 radical (unpaired) electrons. The first-order valence-corrected chi connectivity index (χ1v) is 9.20. The lowest BCUT2D eigenvalue weighted by Gasteiger charge is -1.99. The van der Waals surface area contributed by atoms with Crippen molar-refractivity contribution in [3.63, 3.8) is 0 Å². The molecule has 0 aromatic carbocycles. The van der Waals surface area contributed by atoms with Crippen molar-refractivity contribution in [1.29, 1.82) is 0 Å². The molecule has 3 aromatic rings. The second-order valence-corrected chi connectivity index (χ2v) is 7.35. The van der Waals surface area contributed by atoms with Crippen LogP contribution in [0.2, 0.25) is 0 Å². The van der Waals surface area contributed by atoms with E-state index < -0.39 is 0 Å². The molecule has 3 heterocycles. The highest BCUT2D eigenvalue weighted by Crippen LogP contribution is 2.40. The molecule has 0 atom stereocenters. The third-order valence-electron chi connectivity index (χ3n) is 3.61. The van der Waals surface area contributed by atoms with E-state index in [-0.39, 0.29) is 12.3 Å². The Morgan fingerprint density at radius 1 is 1.30 bits per heavy atom. The van der Waals surface area contributed by atoms with Gasteiger partial charge < -0.3 is 9.73 Å². The van der Waals surface area contributed by atoms with E-state index in [0.29, 0.717) is 11.0 Å². The Labute approximate surface area is 141 Å². The standard InChI is InChI=1S/C16H15N3O2S2/c1-9-2-5-13(21-9)15-17-11(7-22-15)6-14(20)19-16-18-12(8-23-16)10-3-4-10/h2,5,7-8,10H,3-4,6H2,1H3,(H,18,19,20). The van der Waals surface area contributed by atoms with Crippen molar-refractivity contribution in [2.24, 2.45) is 0 Å². The van der Waals surface area contributed by atoms with Crippen molar-refractivity contribution in [3.8, 4) is 10.8 Å². The summed E-state index contributed by atoms with van der Waals surface area (Å²) in [7, 11) is 0. The fraction of sp³-hybridized carbons (Fsp3) is 0.312. The van der Waals surface area contributed by atoms with Crippen molar-refractivity contribution in [2.75, 3.05) is 5.32 Å². The van der Waals surface area contributed by atoms with Crippen LogP contribution in [0.5, 0.6) is 0 Å². The number of anilines is 1. The van der Waals surface area contributed by atoms with E-state index in [9.17, 15) is 4.79 Å². The van der Waals surface area contributed by atoms with Crippen LogP contribution in [-0.2, 0) is 11.2 Å². The molecule has 1 fully saturated rings. The summed E-state index contributed by atoms with van der Waals surface area (Å²) < 4.78 is 5.55. The van der Waals surface area contributed by atoms with E-state index in [0.717, 1.165) is 27.9 Å². The summed E-state index contributed by atoms with van der Waals surface area (Å²) in [5.74, 6) is 2.11. The number of amides is 1. The lowest BCUT2D eigenvalue weighted by molar-refractivity contribution is -0.115. The van der Waals surface area contributed by atoms with E-state index in [1.165, 1.54) is 35.5 Å². The SMILES string of the molecule is Cc1ccc(-c2nc(CC(=O)Nc3nc(C4CC4)cs3)cs2)o1. The fourth-order valence-electron chi connectivity index (χ4n) is 2.29. The zero-order valence-electron chi connectivity index (χ0n) is 12.5. The minimum absolute atomic E-state index is 0.0887. The Bertz CT molecular complexity index is 845. The summed E-state index contributed by atoms with van der Waals surface area (Å²) in [4.78, 5) is 21.1. The zero-order valence-corrected chi connectivity index (χ0v) is 14.2. The molecule has 23 heavy (non-hydrogen) atoms. The van der Waals surface area contributed by atoms with E-state index in [1.807, 2.05) is 29.8 Å². The highest BCUT2D eigenvalue weighted by Gasteiger charge is 2.26. The molecule has 7 heteroatoms. The number of nitrogens with zero attached hydrogens (tertiary/aromatic N) is 2. The molecular formula is C16H15N3O2S2. The largest absolute Gasteiger partial charge is 0.459 e. The number of carbonyl (C=O) groups is 1. The molecule has 3 aromatic heterocycles. The Morgan fingerprint density at radius 2 is 2.17 bits per heavy atom. The van der Waals surface area contributed by atoms with Crippen molar-refractivity contribution in [2.45, 2.75) is 32.1 Å². The number of nitrogens with one attached hydrogen (secondary N) is 1. The van der Waals surface area contributed by atoms with Gasteiger partial charge in [0.15, 0.2) is 15.9 Å². The maximum absolute atomic E-state index is 12.1. The number of aryl methyl sites for hydroxylation is 1. The third kappa shape index (κ3) is 3.35. The predicted molar refractivity (Wildman–Crippen MR) is 91.0 cm³/mol. The van der Waals surface area contributed by atoms with Crippen LogP contribution < -0.4 is 5.32 Å². The number of carbonyl (C=O) groups excluding carboxylic acids is 1. The molecule has 0 bridgehead atoms. The topological polar surface area (TPSA) is 68.0 Å². The van der Waals surface area contributed by atoms with E-state index in [1.54, 1.807) is 0 Å². The molecule has 0 aliphatic heterocycles. The first-order valence-electron chi connectivity index (χ1n) is 7.44. The number of hydrogen-bond donors (Lipinski definition) is 1. The molecule has 1 saturated carbocycles. The predicted octanol–water partition coefficient (Wildman–Crippen LogP) is 4.23. The van der Waals surface area contributed by atoms with Crippen molar-refractivity contribution in [1.82, 2.24) is 9.97 Å². The normalized spacial score (nSPS) is 14.1. The maximum atomic E-state index is 12.1. The number of furan rings is 1. The van der Waals surface area contributed by atoms with Crippen LogP contribution in [0, 0.1) is 6.92 Å². The molecular weight excluding hydrogens is 330 g/mol. The molecule has 118 valence electrons. The van der Waals surface area contributed by atoms with Crippen LogP contribution in [0.1, 0.15) is 35.9 Å². The Hall–Kier alpha value is -1.99. The quantitative estimate of drug-likeness (QED) is 0.751. The van der Waals surface area contributed by atoms with Gasteiger partial charge >= 0.3 is 0 Å². The summed E-state index contributed by atoms with van der Waals surface area (Å²) in [5, 5.41) is 8.26. The third-order valence-corrected chi connectivity index (χ3v) is 5.29. The van der Waals surface area contributed by atoms with Crippen LogP contribution in [-0.4, -0.2) is 15.9 Å². The van der Waals surface area contributed by atoms with Gasteiger partial charge in [0.1, 0.15) is 5.76 Å². The molecule has 0 spiro atoms. The van der Waals surface area contributed by atoms with Crippen LogP contribution in [0.25, 0.3) is 10.8 Å². The maximum Gasteiger partial charge on any atom is 0.232 e. The van der Waals surface area contributed by atoms with Crippen LogP contribution >= 0.6 is 22.7 Å². The fourth-order valence-corrected chi connectivity index (χ4v) is 3.88. The first kappa shape index (κ1) is 14.6. The number of aromatic nitrogens is 2. The van der Waals surface area contributed by atoms with Crippen LogP contribution in [0.15, 0.2) is 27.3 Å². The molecule has 1 N–H and O–H groups in total. The molecule has 5 nitrogen and oxygen atoms in total. The second-order valence-electron chi connectivity index (χ2n) is 5.63. The Morgan fingerprint density at radius 3 is 2.91 bits per heavy atom. The molecule has 1 aliphatic carbocycles. The smallest absolute Gasteiger partial charge is 0.232 e. The summed E-state index contributed by atoms with van der Waals surface area (Å²) in [5.41, 5.74) is 1.85. The van der Waals surface area contributed by atoms with Gasteiger partial charge in [0, 0.05) is 16.7 Å². The lowest BCUT2D eigenvalue weighted by atomic mass is 10.3. The average Bonchev–Trinajstić information content (AvgIpc) is 2.91. The monoisotopic (exact) mass is 345 g/mol. The van der Waals surface area contributed by atoms with Gasteiger partial charge in [-0.2, -0.15) is 0 Å². The molecule has 1 aliphatic rings. The summed E-state index contributed by atoms with van der Waals surface area (Å²) in [6, 6.07) is 3.80. The van der Waals surface area contributed by atoms with Crippen molar-refractivity contribution >= 4 is 33.7 Å². The second kappa shape index (κ2) is 5.90. The Kier molecular flexibility index (Phi) is 3.74. The highest BCUT2D eigenvalue weighted by atomic mass is 32.1. The van der Waals surface area contributed by atoms with Crippen LogP contribution in [0.3, 0.4) is 0 Å². The van der Waals surface area contributed by atoms with E-state index in [4.69, 9.17) is 4.42 Å².